The van der Waals surface area contributed by atoms with E-state index >= 15 is 0 Å². The Labute approximate surface area is 96.2 Å². The number of hydrogen-bond acceptors (Lipinski definition) is 2. The van der Waals surface area contributed by atoms with Gasteiger partial charge in [0, 0.05) is 19.0 Å². The predicted octanol–water partition coefficient (Wildman–Crippen LogP) is 1.21. The molecule has 86 valence electrons. The van der Waals surface area contributed by atoms with E-state index in [2.05, 4.69) is 0 Å². The van der Waals surface area contributed by atoms with Crippen LogP contribution >= 0.6 is 0 Å². The maximum Gasteiger partial charge on any atom is 0.229 e. The Kier molecular flexibility index (Phi) is 3.25. The van der Waals surface area contributed by atoms with Gasteiger partial charge in [0.1, 0.15) is 0 Å². The molecule has 1 heterocycles. The first-order valence-corrected chi connectivity index (χ1v) is 5.76. The molecule has 1 atom stereocenters. The fourth-order valence-corrected chi connectivity index (χ4v) is 2.06. The molecule has 0 radical (unpaired) electrons. The second kappa shape index (κ2) is 4.66. The Bertz CT molecular complexity index is 357. The summed E-state index contributed by atoms with van der Waals surface area (Å²) in [6, 6.07) is 9.91. The van der Waals surface area contributed by atoms with E-state index in [1.807, 2.05) is 42.2 Å². The molecule has 2 N–H and O–H groups in total. The van der Waals surface area contributed by atoms with E-state index < -0.39 is 0 Å². The summed E-state index contributed by atoms with van der Waals surface area (Å²) in [4.78, 5) is 14.0. The van der Waals surface area contributed by atoms with Crippen molar-refractivity contribution in [3.8, 4) is 0 Å². The van der Waals surface area contributed by atoms with Crippen molar-refractivity contribution in [1.29, 1.82) is 0 Å². The Balaban J connectivity index is 1.96. The lowest BCUT2D eigenvalue weighted by Crippen LogP contribution is -2.53. The lowest BCUT2D eigenvalue weighted by molar-refractivity contribution is -0.138. The molecule has 0 saturated carbocycles. The minimum atomic E-state index is -0.0417. The van der Waals surface area contributed by atoms with Crippen molar-refractivity contribution in [2.24, 2.45) is 11.7 Å². The van der Waals surface area contributed by atoms with Gasteiger partial charge in [0.05, 0.1) is 5.92 Å². The molecule has 1 aliphatic rings. The third-order valence-electron chi connectivity index (χ3n) is 3.27. The van der Waals surface area contributed by atoms with Crippen LogP contribution in [0.15, 0.2) is 30.3 Å². The lowest BCUT2D eigenvalue weighted by atomic mass is 9.94. The number of hydrogen-bond donors (Lipinski definition) is 1. The highest BCUT2D eigenvalue weighted by molar-refractivity contribution is 5.84. The van der Waals surface area contributed by atoms with Gasteiger partial charge in [-0.25, -0.2) is 0 Å². The Morgan fingerprint density at radius 1 is 1.44 bits per heavy atom. The van der Waals surface area contributed by atoms with E-state index in [0.717, 1.165) is 18.7 Å². The summed E-state index contributed by atoms with van der Waals surface area (Å²) in [7, 11) is 0. The van der Waals surface area contributed by atoms with E-state index in [-0.39, 0.29) is 11.8 Å². The van der Waals surface area contributed by atoms with Gasteiger partial charge in [0.15, 0.2) is 0 Å². The van der Waals surface area contributed by atoms with Gasteiger partial charge in [0.25, 0.3) is 0 Å². The first-order valence-electron chi connectivity index (χ1n) is 5.76. The molecular weight excluding hydrogens is 200 g/mol. The van der Waals surface area contributed by atoms with Crippen LogP contribution < -0.4 is 5.73 Å². The average molecular weight is 218 g/mol. The van der Waals surface area contributed by atoms with Gasteiger partial charge in [-0.2, -0.15) is 0 Å². The minimum absolute atomic E-state index is 0.0417. The second-order valence-corrected chi connectivity index (χ2v) is 4.48. The molecule has 2 rings (SSSR count). The number of nitrogens with zero attached hydrogens (tertiary/aromatic N) is 1. The van der Waals surface area contributed by atoms with Crippen LogP contribution in [0.3, 0.4) is 0 Å². The van der Waals surface area contributed by atoms with Gasteiger partial charge in [-0.15, -0.1) is 0 Å². The van der Waals surface area contributed by atoms with Gasteiger partial charge in [0.2, 0.25) is 5.91 Å². The lowest BCUT2D eigenvalue weighted by Gasteiger charge is -2.40. The number of nitrogens with two attached hydrogens (primary N) is 1. The van der Waals surface area contributed by atoms with Crippen LogP contribution in [0.1, 0.15) is 18.4 Å². The molecule has 1 aromatic carbocycles. The highest BCUT2D eigenvalue weighted by atomic mass is 16.2. The van der Waals surface area contributed by atoms with E-state index in [9.17, 15) is 4.79 Å². The first kappa shape index (κ1) is 11.1. The van der Waals surface area contributed by atoms with Crippen molar-refractivity contribution in [3.05, 3.63) is 35.9 Å². The smallest absolute Gasteiger partial charge is 0.229 e. The summed E-state index contributed by atoms with van der Waals surface area (Å²) < 4.78 is 0. The minimum Gasteiger partial charge on any atom is -0.341 e. The van der Waals surface area contributed by atoms with Gasteiger partial charge in [-0.05, 0) is 19.0 Å². The Morgan fingerprint density at radius 3 is 2.62 bits per heavy atom. The summed E-state index contributed by atoms with van der Waals surface area (Å²) >= 11 is 0. The standard InChI is InChI=1S/C13H18N2O/c1-10(12-5-3-2-4-6-12)13(16)15-8-11(7-14)9-15/h2-6,10-11H,7-9,14H2,1H3. The molecule has 0 spiro atoms. The molecule has 1 aliphatic heterocycles. The van der Waals surface area contributed by atoms with E-state index in [4.69, 9.17) is 5.73 Å². The molecule has 1 fully saturated rings. The number of benzene rings is 1. The van der Waals surface area contributed by atoms with Crippen LogP contribution in [0.5, 0.6) is 0 Å². The molecule has 16 heavy (non-hydrogen) atoms. The number of carbonyl (C=O) groups excluding carboxylic acids is 1. The van der Waals surface area contributed by atoms with Crippen LogP contribution in [0.2, 0.25) is 0 Å². The largest absolute Gasteiger partial charge is 0.341 e. The van der Waals surface area contributed by atoms with Crippen LogP contribution in [0.25, 0.3) is 0 Å². The summed E-state index contributed by atoms with van der Waals surface area (Å²) in [6.07, 6.45) is 0. The zero-order chi connectivity index (χ0) is 11.5. The zero-order valence-electron chi connectivity index (χ0n) is 9.60. The van der Waals surface area contributed by atoms with Crippen molar-refractivity contribution in [3.63, 3.8) is 0 Å². The molecule has 3 nitrogen and oxygen atoms in total. The number of likely N-dealkylation sites (tertiary alicyclic amines) is 1. The molecule has 0 aliphatic carbocycles. The van der Waals surface area contributed by atoms with Crippen molar-refractivity contribution in [2.45, 2.75) is 12.8 Å². The second-order valence-electron chi connectivity index (χ2n) is 4.48. The molecule has 1 aromatic rings. The van der Waals surface area contributed by atoms with Gasteiger partial charge in [-0.1, -0.05) is 30.3 Å². The maximum atomic E-state index is 12.1. The van der Waals surface area contributed by atoms with Crippen LogP contribution in [-0.4, -0.2) is 30.4 Å². The normalized spacial score (nSPS) is 18.0. The third kappa shape index (κ3) is 2.09. The molecule has 3 heteroatoms. The molecule has 1 saturated heterocycles. The summed E-state index contributed by atoms with van der Waals surface area (Å²) in [5.41, 5.74) is 6.63. The predicted molar refractivity (Wildman–Crippen MR) is 64.0 cm³/mol. The van der Waals surface area contributed by atoms with Crippen molar-refractivity contribution in [1.82, 2.24) is 4.90 Å². The summed E-state index contributed by atoms with van der Waals surface area (Å²) in [5.74, 6) is 0.683. The topological polar surface area (TPSA) is 46.3 Å². The quantitative estimate of drug-likeness (QED) is 0.828. The van der Waals surface area contributed by atoms with E-state index in [0.29, 0.717) is 12.5 Å². The van der Waals surface area contributed by atoms with Crippen molar-refractivity contribution < 1.29 is 4.79 Å². The zero-order valence-corrected chi connectivity index (χ0v) is 9.60. The monoisotopic (exact) mass is 218 g/mol. The molecule has 0 aromatic heterocycles. The van der Waals surface area contributed by atoms with Crippen molar-refractivity contribution >= 4 is 5.91 Å². The first-order chi connectivity index (χ1) is 7.72. The fraction of sp³-hybridized carbons (Fsp3) is 0.462. The van der Waals surface area contributed by atoms with Gasteiger partial charge >= 0.3 is 0 Å². The van der Waals surface area contributed by atoms with Crippen molar-refractivity contribution in [2.75, 3.05) is 19.6 Å². The van der Waals surface area contributed by atoms with Crippen LogP contribution in [0, 0.1) is 5.92 Å². The molecule has 0 bridgehead atoms. The summed E-state index contributed by atoms with van der Waals surface area (Å²) in [5, 5.41) is 0. The van der Waals surface area contributed by atoms with Gasteiger partial charge < -0.3 is 10.6 Å². The number of rotatable bonds is 3. The third-order valence-corrected chi connectivity index (χ3v) is 3.27. The van der Waals surface area contributed by atoms with Crippen LogP contribution in [-0.2, 0) is 4.79 Å². The highest BCUT2D eigenvalue weighted by Crippen LogP contribution is 2.22. The fourth-order valence-electron chi connectivity index (χ4n) is 2.06. The van der Waals surface area contributed by atoms with E-state index in [1.165, 1.54) is 0 Å². The SMILES string of the molecule is CC(C(=O)N1CC(CN)C1)c1ccccc1. The summed E-state index contributed by atoms with van der Waals surface area (Å²) in [6.45, 7) is 4.30. The maximum absolute atomic E-state index is 12.1. The molecule has 1 amide bonds. The van der Waals surface area contributed by atoms with Gasteiger partial charge in [-0.3, -0.25) is 4.79 Å². The highest BCUT2D eigenvalue weighted by Gasteiger charge is 2.32. The van der Waals surface area contributed by atoms with Crippen LogP contribution in [0.4, 0.5) is 0 Å². The Morgan fingerprint density at radius 2 is 2.06 bits per heavy atom. The molecule has 1 unspecified atom stereocenters. The Hall–Kier alpha value is -1.35. The molecular formula is C13H18N2O. The van der Waals surface area contributed by atoms with E-state index in [1.54, 1.807) is 0 Å². The average Bonchev–Trinajstić information content (AvgIpc) is 2.27. The number of carbonyl (C=O) groups is 1. The number of amides is 1.